The van der Waals surface area contributed by atoms with Crippen molar-refractivity contribution >= 4 is 5.69 Å². The van der Waals surface area contributed by atoms with Crippen LogP contribution in [0.25, 0.3) is 0 Å². The Labute approximate surface area is 144 Å². The van der Waals surface area contributed by atoms with E-state index in [0.717, 1.165) is 23.4 Å². The van der Waals surface area contributed by atoms with Crippen LogP contribution in [-0.2, 0) is 6.54 Å². The average molecular weight is 339 g/mol. The fourth-order valence-electron chi connectivity index (χ4n) is 2.34. The van der Waals surface area contributed by atoms with Crippen molar-refractivity contribution in [3.63, 3.8) is 0 Å². The molecule has 1 heterocycles. The standard InChI is InChI=1S/C19H15F2N3O/c20-17-10-19(21,13-22)7-6-18(17)25-16-5-1-4-15(9-16)24-12-14-3-2-8-23-11-14/h1-9,11,24H,10,12H2. The number of nitrogens with zero attached hydrogens (tertiary/aromatic N) is 2. The first-order valence-corrected chi connectivity index (χ1v) is 7.67. The van der Waals surface area contributed by atoms with Gasteiger partial charge in [-0.05, 0) is 35.9 Å². The number of hydrogen-bond acceptors (Lipinski definition) is 4. The third-order valence-electron chi connectivity index (χ3n) is 3.65. The molecule has 126 valence electrons. The number of ether oxygens (including phenoxy) is 1. The van der Waals surface area contributed by atoms with Crippen LogP contribution in [0, 0.1) is 11.3 Å². The Balaban J connectivity index is 1.67. The molecule has 2 aromatic rings. The molecule has 1 aliphatic rings. The monoisotopic (exact) mass is 339 g/mol. The summed E-state index contributed by atoms with van der Waals surface area (Å²) in [5, 5.41) is 11.9. The van der Waals surface area contributed by atoms with E-state index in [1.54, 1.807) is 30.6 Å². The minimum atomic E-state index is -2.32. The number of alkyl halides is 1. The minimum Gasteiger partial charge on any atom is -0.455 e. The van der Waals surface area contributed by atoms with Gasteiger partial charge in [0.15, 0.2) is 5.76 Å². The molecule has 0 bridgehead atoms. The highest BCUT2D eigenvalue weighted by Crippen LogP contribution is 2.32. The van der Waals surface area contributed by atoms with Crippen molar-refractivity contribution in [1.29, 1.82) is 5.26 Å². The summed E-state index contributed by atoms with van der Waals surface area (Å²) in [5.74, 6) is -0.470. The first kappa shape index (κ1) is 16.7. The van der Waals surface area contributed by atoms with Crippen molar-refractivity contribution in [3.05, 3.63) is 78.1 Å². The van der Waals surface area contributed by atoms with Crippen LogP contribution in [0.2, 0.25) is 0 Å². The number of halogens is 2. The van der Waals surface area contributed by atoms with E-state index in [-0.39, 0.29) is 5.76 Å². The lowest BCUT2D eigenvalue weighted by Gasteiger charge is -2.18. The predicted octanol–water partition coefficient (Wildman–Crippen LogP) is 4.45. The lowest BCUT2D eigenvalue weighted by atomic mass is 9.97. The van der Waals surface area contributed by atoms with Gasteiger partial charge in [-0.3, -0.25) is 4.98 Å². The van der Waals surface area contributed by atoms with E-state index in [4.69, 9.17) is 10.00 Å². The molecule has 1 aliphatic carbocycles. The molecule has 4 nitrogen and oxygen atoms in total. The molecular formula is C19H15F2N3O. The average Bonchev–Trinajstić information content (AvgIpc) is 2.64. The second kappa shape index (κ2) is 7.14. The number of hydrogen-bond donors (Lipinski definition) is 1. The predicted molar refractivity (Wildman–Crippen MR) is 90.0 cm³/mol. The van der Waals surface area contributed by atoms with Crippen LogP contribution in [0.1, 0.15) is 12.0 Å². The van der Waals surface area contributed by atoms with E-state index in [0.29, 0.717) is 12.3 Å². The molecule has 0 fully saturated rings. The molecule has 0 saturated heterocycles. The molecule has 0 aliphatic heterocycles. The van der Waals surface area contributed by atoms with Gasteiger partial charge in [0, 0.05) is 30.7 Å². The quantitative estimate of drug-likeness (QED) is 0.874. The van der Waals surface area contributed by atoms with E-state index in [9.17, 15) is 8.78 Å². The summed E-state index contributed by atoms with van der Waals surface area (Å²) >= 11 is 0. The van der Waals surface area contributed by atoms with Gasteiger partial charge in [-0.1, -0.05) is 12.1 Å². The summed E-state index contributed by atoms with van der Waals surface area (Å²) in [6.45, 7) is 0.584. The fraction of sp³-hybridized carbons (Fsp3) is 0.158. The van der Waals surface area contributed by atoms with Crippen molar-refractivity contribution < 1.29 is 13.5 Å². The van der Waals surface area contributed by atoms with Crippen LogP contribution < -0.4 is 10.1 Å². The van der Waals surface area contributed by atoms with Crippen molar-refractivity contribution in [3.8, 4) is 11.8 Å². The molecule has 25 heavy (non-hydrogen) atoms. The smallest absolute Gasteiger partial charge is 0.221 e. The number of anilines is 1. The zero-order valence-electron chi connectivity index (χ0n) is 13.2. The molecule has 6 heteroatoms. The zero-order chi connectivity index (χ0) is 17.7. The molecule has 1 aromatic heterocycles. The summed E-state index contributed by atoms with van der Waals surface area (Å²) < 4.78 is 33.3. The third-order valence-corrected chi connectivity index (χ3v) is 3.65. The number of benzene rings is 1. The molecular weight excluding hydrogens is 324 g/mol. The lowest BCUT2D eigenvalue weighted by Crippen LogP contribution is -2.21. The zero-order valence-corrected chi connectivity index (χ0v) is 13.2. The van der Waals surface area contributed by atoms with Gasteiger partial charge in [-0.25, -0.2) is 8.78 Å². The lowest BCUT2D eigenvalue weighted by molar-refractivity contribution is 0.270. The molecule has 3 rings (SSSR count). The maximum absolute atomic E-state index is 14.0. The van der Waals surface area contributed by atoms with Crippen LogP contribution in [0.3, 0.4) is 0 Å². The van der Waals surface area contributed by atoms with Crippen LogP contribution >= 0.6 is 0 Å². The second-order valence-corrected chi connectivity index (χ2v) is 5.60. The molecule has 0 spiro atoms. The van der Waals surface area contributed by atoms with E-state index in [1.165, 1.54) is 6.07 Å². The van der Waals surface area contributed by atoms with Crippen LogP contribution in [0.5, 0.6) is 5.75 Å². The summed E-state index contributed by atoms with van der Waals surface area (Å²) in [4.78, 5) is 4.05. The SMILES string of the molecule is N#CC1(F)C=CC(Oc2cccc(NCc3cccnc3)c2)=C(F)C1. The fourth-order valence-corrected chi connectivity index (χ4v) is 2.34. The van der Waals surface area contributed by atoms with E-state index in [2.05, 4.69) is 10.3 Å². The Morgan fingerprint density at radius 2 is 2.20 bits per heavy atom. The van der Waals surface area contributed by atoms with Crippen molar-refractivity contribution in [1.82, 2.24) is 4.98 Å². The van der Waals surface area contributed by atoms with Gasteiger partial charge in [0.05, 0.1) is 6.42 Å². The highest BCUT2D eigenvalue weighted by atomic mass is 19.1. The van der Waals surface area contributed by atoms with Crippen molar-refractivity contribution in [2.75, 3.05) is 5.32 Å². The second-order valence-electron chi connectivity index (χ2n) is 5.60. The van der Waals surface area contributed by atoms with Gasteiger partial charge in [-0.2, -0.15) is 5.26 Å². The summed E-state index contributed by atoms with van der Waals surface area (Å²) in [7, 11) is 0. The number of aromatic nitrogens is 1. The highest BCUT2D eigenvalue weighted by Gasteiger charge is 2.33. The molecule has 0 amide bonds. The molecule has 0 saturated carbocycles. The minimum absolute atomic E-state index is 0.0899. The molecule has 1 atom stereocenters. The Hall–Kier alpha value is -3.20. The summed E-state index contributed by atoms with van der Waals surface area (Å²) in [5.41, 5.74) is -0.503. The van der Waals surface area contributed by atoms with Gasteiger partial charge in [0.1, 0.15) is 17.6 Å². The van der Waals surface area contributed by atoms with E-state index < -0.39 is 17.9 Å². The number of nitrogens with one attached hydrogen (secondary N) is 1. The van der Waals surface area contributed by atoms with Gasteiger partial charge in [0.25, 0.3) is 0 Å². The first-order valence-electron chi connectivity index (χ1n) is 7.67. The van der Waals surface area contributed by atoms with Crippen LogP contribution in [-0.4, -0.2) is 10.7 Å². The van der Waals surface area contributed by atoms with E-state index in [1.807, 2.05) is 18.2 Å². The number of allylic oxidation sites excluding steroid dienone is 3. The Bertz CT molecular complexity index is 858. The van der Waals surface area contributed by atoms with Gasteiger partial charge in [0.2, 0.25) is 5.67 Å². The summed E-state index contributed by atoms with van der Waals surface area (Å²) in [6, 6.07) is 12.2. The maximum atomic E-state index is 14.0. The maximum Gasteiger partial charge on any atom is 0.221 e. The molecule has 1 unspecified atom stereocenters. The van der Waals surface area contributed by atoms with Gasteiger partial charge in [-0.15, -0.1) is 0 Å². The topological polar surface area (TPSA) is 57.9 Å². The normalized spacial score (nSPS) is 19.4. The van der Waals surface area contributed by atoms with Crippen LogP contribution in [0.4, 0.5) is 14.5 Å². The Morgan fingerprint density at radius 1 is 1.32 bits per heavy atom. The summed E-state index contributed by atoms with van der Waals surface area (Å²) in [6.07, 6.45) is 4.98. The Kier molecular flexibility index (Phi) is 4.75. The van der Waals surface area contributed by atoms with Crippen molar-refractivity contribution in [2.24, 2.45) is 0 Å². The number of nitriles is 1. The van der Waals surface area contributed by atoms with Crippen LogP contribution in [0.15, 0.2) is 72.5 Å². The molecule has 1 N–H and O–H groups in total. The third kappa shape index (κ3) is 4.21. The van der Waals surface area contributed by atoms with Gasteiger partial charge >= 0.3 is 0 Å². The molecule has 0 radical (unpaired) electrons. The van der Waals surface area contributed by atoms with E-state index >= 15 is 0 Å². The number of pyridine rings is 1. The largest absolute Gasteiger partial charge is 0.455 e. The Morgan fingerprint density at radius 3 is 2.92 bits per heavy atom. The van der Waals surface area contributed by atoms with Crippen molar-refractivity contribution in [2.45, 2.75) is 18.6 Å². The molecule has 1 aromatic carbocycles. The first-order chi connectivity index (χ1) is 12.1. The van der Waals surface area contributed by atoms with Gasteiger partial charge < -0.3 is 10.1 Å². The number of rotatable bonds is 5. The highest BCUT2D eigenvalue weighted by molar-refractivity contribution is 5.49.